The second-order valence-corrected chi connectivity index (χ2v) is 5.38. The maximum absolute atomic E-state index is 2.14. The van der Waals surface area contributed by atoms with Crippen molar-refractivity contribution in [3.05, 3.63) is 81.6 Å². The molecule has 2 rings (SSSR count). The molecule has 0 aliphatic heterocycles. The van der Waals surface area contributed by atoms with Crippen LogP contribution in [0.3, 0.4) is 0 Å². The van der Waals surface area contributed by atoms with Gasteiger partial charge in [0, 0.05) is 0 Å². The van der Waals surface area contributed by atoms with Crippen LogP contribution in [0.5, 0.6) is 0 Å². The first-order valence-electron chi connectivity index (χ1n) is 6.36. The fraction of sp³-hybridized carbons (Fsp3) is 0.111. The molecule has 0 heterocycles. The summed E-state index contributed by atoms with van der Waals surface area (Å²) < 4.78 is 0. The standard InChI is InChI=1S/C18H18S/c1-15-3-7-17(8-4-15)11-13-19-14-12-18-9-5-16(2)6-10-18/h3-14H,1-2H3. The largest absolute Gasteiger partial charge is 0.106 e. The summed E-state index contributed by atoms with van der Waals surface area (Å²) in [5.41, 5.74) is 5.07. The molecule has 0 aromatic heterocycles. The number of benzene rings is 2. The molecule has 0 nitrogen and oxygen atoms in total. The molecule has 2 aromatic rings. The SMILES string of the molecule is Cc1ccc(C=CSC=Cc2ccc(C)cc2)cc1. The van der Waals surface area contributed by atoms with Gasteiger partial charge >= 0.3 is 0 Å². The summed E-state index contributed by atoms with van der Waals surface area (Å²) in [7, 11) is 0. The summed E-state index contributed by atoms with van der Waals surface area (Å²) >= 11 is 1.69. The van der Waals surface area contributed by atoms with Crippen molar-refractivity contribution in [3.8, 4) is 0 Å². The van der Waals surface area contributed by atoms with Gasteiger partial charge in [0.05, 0.1) is 0 Å². The topological polar surface area (TPSA) is 0 Å². The predicted molar refractivity (Wildman–Crippen MR) is 88.0 cm³/mol. The van der Waals surface area contributed by atoms with Crippen molar-refractivity contribution in [1.29, 1.82) is 0 Å². The van der Waals surface area contributed by atoms with Gasteiger partial charge in [-0.15, -0.1) is 11.8 Å². The molecule has 2 aromatic carbocycles. The number of aryl methyl sites for hydroxylation is 2. The van der Waals surface area contributed by atoms with Crippen LogP contribution in [0.2, 0.25) is 0 Å². The highest BCUT2D eigenvalue weighted by molar-refractivity contribution is 8.05. The van der Waals surface area contributed by atoms with Crippen molar-refractivity contribution in [1.82, 2.24) is 0 Å². The van der Waals surface area contributed by atoms with Gasteiger partial charge in [0.1, 0.15) is 0 Å². The van der Waals surface area contributed by atoms with E-state index < -0.39 is 0 Å². The van der Waals surface area contributed by atoms with E-state index >= 15 is 0 Å². The molecule has 1 heteroatoms. The van der Waals surface area contributed by atoms with E-state index in [0.717, 1.165) is 0 Å². The molecule has 0 atom stereocenters. The first-order chi connectivity index (χ1) is 9.24. The molecular formula is C18H18S. The highest BCUT2D eigenvalue weighted by Crippen LogP contribution is 2.13. The summed E-state index contributed by atoms with van der Waals surface area (Å²) in [6.45, 7) is 4.21. The first kappa shape index (κ1) is 13.7. The lowest BCUT2D eigenvalue weighted by Crippen LogP contribution is -1.72. The van der Waals surface area contributed by atoms with E-state index in [9.17, 15) is 0 Å². The third-order valence-electron chi connectivity index (χ3n) is 2.83. The van der Waals surface area contributed by atoms with Crippen LogP contribution in [0.15, 0.2) is 59.3 Å². The van der Waals surface area contributed by atoms with E-state index in [0.29, 0.717) is 0 Å². The lowest BCUT2D eigenvalue weighted by molar-refractivity contribution is 1.46. The highest BCUT2D eigenvalue weighted by atomic mass is 32.2. The molecule has 0 fully saturated rings. The molecule has 0 amide bonds. The van der Waals surface area contributed by atoms with Crippen LogP contribution < -0.4 is 0 Å². The molecule has 0 saturated carbocycles. The Kier molecular flexibility index (Phi) is 5.05. The third-order valence-corrected chi connectivity index (χ3v) is 3.42. The molecule has 0 radical (unpaired) electrons. The van der Waals surface area contributed by atoms with Gasteiger partial charge in [-0.3, -0.25) is 0 Å². The van der Waals surface area contributed by atoms with E-state index in [1.807, 2.05) is 0 Å². The summed E-state index contributed by atoms with van der Waals surface area (Å²) in [4.78, 5) is 0. The van der Waals surface area contributed by atoms with Crippen LogP contribution in [0.4, 0.5) is 0 Å². The molecule has 0 aliphatic rings. The predicted octanol–water partition coefficient (Wildman–Crippen LogP) is 5.68. The summed E-state index contributed by atoms with van der Waals surface area (Å²) in [5.74, 6) is 0. The van der Waals surface area contributed by atoms with E-state index in [-0.39, 0.29) is 0 Å². The Hall–Kier alpha value is -1.73. The number of thioether (sulfide) groups is 1. The zero-order valence-electron chi connectivity index (χ0n) is 11.3. The number of hydrogen-bond donors (Lipinski definition) is 0. The van der Waals surface area contributed by atoms with Crippen molar-refractivity contribution < 1.29 is 0 Å². The minimum Gasteiger partial charge on any atom is -0.106 e. The quantitative estimate of drug-likeness (QED) is 0.686. The van der Waals surface area contributed by atoms with Crippen LogP contribution in [0, 0.1) is 13.8 Å². The molecule has 96 valence electrons. The van der Waals surface area contributed by atoms with E-state index in [2.05, 4.69) is 85.3 Å². The lowest BCUT2D eigenvalue weighted by Gasteiger charge is -1.94. The highest BCUT2D eigenvalue weighted by Gasteiger charge is 1.87. The van der Waals surface area contributed by atoms with Crippen molar-refractivity contribution in [2.24, 2.45) is 0 Å². The molecular weight excluding hydrogens is 248 g/mol. The fourth-order valence-corrected chi connectivity index (χ4v) is 2.20. The zero-order valence-corrected chi connectivity index (χ0v) is 12.2. The average Bonchev–Trinajstić information content (AvgIpc) is 2.43. The van der Waals surface area contributed by atoms with Gasteiger partial charge in [-0.1, -0.05) is 59.7 Å². The van der Waals surface area contributed by atoms with E-state index in [4.69, 9.17) is 0 Å². The Bertz CT molecular complexity index is 506. The monoisotopic (exact) mass is 266 g/mol. The molecule has 0 bridgehead atoms. The Morgan fingerprint density at radius 3 is 1.37 bits per heavy atom. The average molecular weight is 266 g/mol. The van der Waals surface area contributed by atoms with Gasteiger partial charge in [-0.05, 0) is 47.9 Å². The second kappa shape index (κ2) is 7.01. The molecule has 0 spiro atoms. The number of rotatable bonds is 4. The Morgan fingerprint density at radius 1 is 0.632 bits per heavy atom. The van der Waals surface area contributed by atoms with Crippen LogP contribution in [0.25, 0.3) is 12.2 Å². The van der Waals surface area contributed by atoms with Crippen molar-refractivity contribution >= 4 is 23.9 Å². The van der Waals surface area contributed by atoms with Gasteiger partial charge in [0.15, 0.2) is 0 Å². The minimum absolute atomic E-state index is 1.24. The Labute approximate surface area is 119 Å². The maximum Gasteiger partial charge on any atom is -0.0242 e. The molecule has 0 unspecified atom stereocenters. The van der Waals surface area contributed by atoms with Crippen LogP contribution in [-0.4, -0.2) is 0 Å². The van der Waals surface area contributed by atoms with Crippen LogP contribution >= 0.6 is 11.8 Å². The van der Waals surface area contributed by atoms with E-state index in [1.54, 1.807) is 11.8 Å². The molecule has 0 saturated heterocycles. The fourth-order valence-electron chi connectivity index (χ4n) is 1.64. The third kappa shape index (κ3) is 4.80. The number of hydrogen-bond acceptors (Lipinski definition) is 1. The second-order valence-electron chi connectivity index (χ2n) is 4.56. The van der Waals surface area contributed by atoms with Gasteiger partial charge in [-0.2, -0.15) is 0 Å². The summed E-state index contributed by atoms with van der Waals surface area (Å²) in [5, 5.41) is 4.21. The van der Waals surface area contributed by atoms with Crippen LogP contribution in [-0.2, 0) is 0 Å². The van der Waals surface area contributed by atoms with Gasteiger partial charge in [0.2, 0.25) is 0 Å². The van der Waals surface area contributed by atoms with Gasteiger partial charge in [0.25, 0.3) is 0 Å². The van der Waals surface area contributed by atoms with E-state index in [1.165, 1.54) is 22.3 Å². The van der Waals surface area contributed by atoms with Crippen molar-refractivity contribution in [3.63, 3.8) is 0 Å². The summed E-state index contributed by atoms with van der Waals surface area (Å²) in [6.07, 6.45) is 4.26. The lowest BCUT2D eigenvalue weighted by atomic mass is 10.1. The van der Waals surface area contributed by atoms with Crippen molar-refractivity contribution in [2.75, 3.05) is 0 Å². The Balaban J connectivity index is 1.86. The Morgan fingerprint density at radius 2 is 1.00 bits per heavy atom. The molecule has 0 aliphatic carbocycles. The minimum atomic E-state index is 1.24. The summed E-state index contributed by atoms with van der Waals surface area (Å²) in [6, 6.07) is 17.1. The molecule has 19 heavy (non-hydrogen) atoms. The van der Waals surface area contributed by atoms with Crippen LogP contribution in [0.1, 0.15) is 22.3 Å². The maximum atomic E-state index is 2.14. The smallest absolute Gasteiger partial charge is 0.0242 e. The normalized spacial score (nSPS) is 11.5. The van der Waals surface area contributed by atoms with Crippen molar-refractivity contribution in [2.45, 2.75) is 13.8 Å². The van der Waals surface area contributed by atoms with Gasteiger partial charge in [-0.25, -0.2) is 0 Å². The van der Waals surface area contributed by atoms with Gasteiger partial charge < -0.3 is 0 Å². The zero-order chi connectivity index (χ0) is 13.5. The molecule has 0 N–H and O–H groups in total. The first-order valence-corrected chi connectivity index (χ1v) is 7.30.